The Morgan fingerprint density at radius 1 is 1.41 bits per heavy atom. The highest BCUT2D eigenvalue weighted by Crippen LogP contribution is 2.27. The Labute approximate surface area is 133 Å². The number of rotatable bonds is 6. The first-order valence-electron chi connectivity index (χ1n) is 6.17. The van der Waals surface area contributed by atoms with E-state index in [2.05, 4.69) is 11.9 Å². The quantitative estimate of drug-likeness (QED) is 0.382. The summed E-state index contributed by atoms with van der Waals surface area (Å²) in [5, 5.41) is 30.4. The lowest BCUT2D eigenvalue weighted by molar-refractivity contribution is -0.145. The van der Waals surface area contributed by atoms with Gasteiger partial charge in [0.2, 0.25) is 5.91 Å². The van der Waals surface area contributed by atoms with E-state index >= 15 is 0 Å². The van der Waals surface area contributed by atoms with Crippen molar-refractivity contribution in [3.8, 4) is 11.5 Å². The number of halogens is 1. The van der Waals surface area contributed by atoms with E-state index in [0.29, 0.717) is 5.56 Å². The van der Waals surface area contributed by atoms with Crippen LogP contribution in [0.15, 0.2) is 30.9 Å². The topological polar surface area (TPSA) is 133 Å². The molecule has 1 aromatic rings. The summed E-state index contributed by atoms with van der Waals surface area (Å²) < 4.78 is 0. The number of phenolic OH excluding ortho intramolecular Hbond substituents is 2. The van der Waals surface area contributed by atoms with Gasteiger partial charge in [-0.05, 0) is 24.6 Å². The summed E-state index contributed by atoms with van der Waals surface area (Å²) in [5.74, 6) is -2.65. The molecule has 2 unspecified atom stereocenters. The summed E-state index contributed by atoms with van der Waals surface area (Å²) in [7, 11) is 0. The van der Waals surface area contributed by atoms with E-state index in [-0.39, 0.29) is 30.3 Å². The maximum Gasteiger partial charge on any atom is 0.333 e. The number of aliphatic carboxylic acids is 1. The molecule has 1 aromatic carbocycles. The largest absolute Gasteiger partial charge is 0.504 e. The lowest BCUT2D eigenvalue weighted by atomic mass is 9.90. The third-order valence-corrected chi connectivity index (χ3v) is 3.01. The van der Waals surface area contributed by atoms with Crippen molar-refractivity contribution in [1.82, 2.24) is 5.32 Å². The van der Waals surface area contributed by atoms with Crippen molar-refractivity contribution in [3.05, 3.63) is 36.4 Å². The van der Waals surface area contributed by atoms with Crippen LogP contribution < -0.4 is 11.1 Å². The van der Waals surface area contributed by atoms with Gasteiger partial charge in [-0.1, -0.05) is 12.1 Å². The number of carboxylic acid groups (broad SMARTS) is 1. The second kappa shape index (κ2) is 7.67. The van der Waals surface area contributed by atoms with Crippen molar-refractivity contribution >= 4 is 24.3 Å². The van der Waals surface area contributed by atoms with Crippen molar-refractivity contribution in [2.75, 3.05) is 0 Å². The second-order valence-electron chi connectivity index (χ2n) is 4.76. The molecule has 8 heteroatoms. The number of aromatic hydroxyl groups is 2. The molecule has 1 amide bonds. The number of carboxylic acids is 1. The minimum absolute atomic E-state index is 0. The molecule has 22 heavy (non-hydrogen) atoms. The monoisotopic (exact) mass is 330 g/mol. The number of carbonyl (C=O) groups is 2. The Morgan fingerprint density at radius 3 is 2.41 bits per heavy atom. The summed E-state index contributed by atoms with van der Waals surface area (Å²) in [5.41, 5.74) is 4.07. The molecule has 122 valence electrons. The van der Waals surface area contributed by atoms with Gasteiger partial charge in [0.05, 0.1) is 6.04 Å². The van der Waals surface area contributed by atoms with Crippen LogP contribution in [0.3, 0.4) is 0 Å². The summed E-state index contributed by atoms with van der Waals surface area (Å²) in [6.45, 7) is 4.88. The highest BCUT2D eigenvalue weighted by Gasteiger charge is 2.38. The van der Waals surface area contributed by atoms with Crippen molar-refractivity contribution < 1.29 is 24.9 Å². The summed E-state index contributed by atoms with van der Waals surface area (Å²) in [4.78, 5) is 23.2. The highest BCUT2D eigenvalue weighted by atomic mass is 35.5. The maximum absolute atomic E-state index is 11.7. The SMILES string of the molecule is C=CC(Cc1ccc(O)c(O)c1)(NC(=O)C(C)N)C(=O)O.Cl. The van der Waals surface area contributed by atoms with Gasteiger partial charge in [0.15, 0.2) is 17.0 Å². The zero-order valence-electron chi connectivity index (χ0n) is 11.9. The molecule has 0 saturated carbocycles. The number of nitrogens with one attached hydrogen (secondary N) is 1. The van der Waals surface area contributed by atoms with Crippen LogP contribution in [0.2, 0.25) is 0 Å². The first kappa shape index (κ1) is 19.8. The third kappa shape index (κ3) is 4.37. The first-order chi connectivity index (χ1) is 9.71. The average Bonchev–Trinajstić information content (AvgIpc) is 2.41. The van der Waals surface area contributed by atoms with E-state index in [1.807, 2.05) is 0 Å². The fraction of sp³-hybridized carbons (Fsp3) is 0.286. The van der Waals surface area contributed by atoms with Gasteiger partial charge < -0.3 is 26.4 Å². The predicted molar refractivity (Wildman–Crippen MR) is 83.1 cm³/mol. The molecular formula is C14H19ClN2O5. The maximum atomic E-state index is 11.7. The number of carbonyl (C=O) groups excluding carboxylic acids is 1. The molecule has 0 fully saturated rings. The van der Waals surface area contributed by atoms with Gasteiger partial charge >= 0.3 is 5.97 Å². The molecule has 0 aliphatic carbocycles. The minimum atomic E-state index is -1.76. The van der Waals surface area contributed by atoms with Crippen LogP contribution in [0.5, 0.6) is 11.5 Å². The standard InChI is InChI=1S/C14H18N2O5.ClH/c1-3-14(13(20)21,16-12(19)8(2)15)7-9-4-5-10(17)11(18)6-9;/h3-6,8,17-18H,1,7,15H2,2H3,(H,16,19)(H,20,21);1H. The number of benzene rings is 1. The van der Waals surface area contributed by atoms with Gasteiger partial charge in [0, 0.05) is 6.42 Å². The zero-order valence-corrected chi connectivity index (χ0v) is 12.8. The first-order valence-corrected chi connectivity index (χ1v) is 6.17. The van der Waals surface area contributed by atoms with Crippen LogP contribution in [0.25, 0.3) is 0 Å². The smallest absolute Gasteiger partial charge is 0.333 e. The number of hydrogen-bond donors (Lipinski definition) is 5. The highest BCUT2D eigenvalue weighted by molar-refractivity contribution is 5.91. The number of hydrogen-bond acceptors (Lipinski definition) is 5. The molecule has 0 radical (unpaired) electrons. The molecule has 0 aliphatic rings. The Bertz CT molecular complexity index is 576. The van der Waals surface area contributed by atoms with E-state index in [1.165, 1.54) is 25.1 Å². The van der Waals surface area contributed by atoms with Gasteiger partial charge in [-0.25, -0.2) is 4.79 Å². The van der Waals surface area contributed by atoms with Crippen LogP contribution in [-0.2, 0) is 16.0 Å². The normalized spacial score (nSPS) is 14.1. The zero-order chi connectivity index (χ0) is 16.2. The van der Waals surface area contributed by atoms with Gasteiger partial charge in [0.25, 0.3) is 0 Å². The Morgan fingerprint density at radius 2 is 2.00 bits per heavy atom. The van der Waals surface area contributed by atoms with Crippen LogP contribution in [0, 0.1) is 0 Å². The molecule has 7 nitrogen and oxygen atoms in total. The Balaban J connectivity index is 0.00000441. The van der Waals surface area contributed by atoms with Crippen molar-refractivity contribution in [1.29, 1.82) is 0 Å². The van der Waals surface area contributed by atoms with E-state index in [1.54, 1.807) is 0 Å². The second-order valence-corrected chi connectivity index (χ2v) is 4.76. The third-order valence-electron chi connectivity index (χ3n) is 3.01. The fourth-order valence-corrected chi connectivity index (χ4v) is 1.72. The average molecular weight is 331 g/mol. The summed E-state index contributed by atoms with van der Waals surface area (Å²) in [6.07, 6.45) is 0.942. The van der Waals surface area contributed by atoms with E-state index < -0.39 is 23.5 Å². The van der Waals surface area contributed by atoms with Gasteiger partial charge in [-0.15, -0.1) is 19.0 Å². The number of amides is 1. The molecule has 0 aromatic heterocycles. The molecule has 0 saturated heterocycles. The molecule has 1 rings (SSSR count). The molecule has 0 aliphatic heterocycles. The predicted octanol–water partition coefficient (Wildman–Crippen LogP) is 0.535. The molecular weight excluding hydrogens is 312 g/mol. The molecule has 0 spiro atoms. The molecule has 0 heterocycles. The molecule has 6 N–H and O–H groups in total. The molecule has 2 atom stereocenters. The van der Waals surface area contributed by atoms with Crippen LogP contribution in [0.1, 0.15) is 12.5 Å². The van der Waals surface area contributed by atoms with Crippen LogP contribution in [0.4, 0.5) is 0 Å². The number of phenols is 2. The van der Waals surface area contributed by atoms with E-state index in [4.69, 9.17) is 5.73 Å². The Hall–Kier alpha value is -2.25. The van der Waals surface area contributed by atoms with Gasteiger partial charge in [-0.2, -0.15) is 0 Å². The van der Waals surface area contributed by atoms with Gasteiger partial charge in [-0.3, -0.25) is 4.79 Å². The van der Waals surface area contributed by atoms with Gasteiger partial charge in [0.1, 0.15) is 0 Å². The summed E-state index contributed by atoms with van der Waals surface area (Å²) in [6, 6.07) is 3.01. The van der Waals surface area contributed by atoms with E-state index in [0.717, 1.165) is 6.08 Å². The minimum Gasteiger partial charge on any atom is -0.504 e. The molecule has 0 bridgehead atoms. The van der Waals surface area contributed by atoms with Crippen molar-refractivity contribution in [3.63, 3.8) is 0 Å². The summed E-state index contributed by atoms with van der Waals surface area (Å²) >= 11 is 0. The van der Waals surface area contributed by atoms with Crippen LogP contribution >= 0.6 is 12.4 Å². The van der Waals surface area contributed by atoms with E-state index in [9.17, 15) is 24.9 Å². The lowest BCUT2D eigenvalue weighted by Gasteiger charge is -2.28. The van der Waals surface area contributed by atoms with Crippen molar-refractivity contribution in [2.45, 2.75) is 24.9 Å². The fourth-order valence-electron chi connectivity index (χ4n) is 1.72. The van der Waals surface area contributed by atoms with Crippen molar-refractivity contribution in [2.24, 2.45) is 5.73 Å². The Kier molecular flexibility index (Phi) is 6.89. The lowest BCUT2D eigenvalue weighted by Crippen LogP contribution is -2.57. The number of nitrogens with two attached hydrogens (primary N) is 1. The van der Waals surface area contributed by atoms with Crippen LogP contribution in [-0.4, -0.2) is 38.8 Å².